The van der Waals surface area contributed by atoms with E-state index < -0.39 is 23.4 Å². The first kappa shape index (κ1) is 28.3. The van der Waals surface area contributed by atoms with E-state index in [2.05, 4.69) is 17.0 Å². The van der Waals surface area contributed by atoms with Gasteiger partial charge in [0.1, 0.15) is 17.6 Å². The van der Waals surface area contributed by atoms with Gasteiger partial charge in [0, 0.05) is 40.5 Å². The number of H-pyrrole nitrogens is 1. The molecule has 7 nitrogen and oxygen atoms in total. The zero-order chi connectivity index (χ0) is 28.9. The van der Waals surface area contributed by atoms with E-state index >= 15 is 0 Å². The molecule has 0 aliphatic heterocycles. The van der Waals surface area contributed by atoms with Gasteiger partial charge in [0.05, 0.1) is 5.56 Å². The number of esters is 1. The van der Waals surface area contributed by atoms with Crippen LogP contribution in [0.1, 0.15) is 43.9 Å². The number of nitrogens with zero attached hydrogens (tertiary/aromatic N) is 2. The summed E-state index contributed by atoms with van der Waals surface area (Å²) in [6, 6.07) is 20.0. The number of aromatic nitrogens is 3. The first-order chi connectivity index (χ1) is 19.9. The summed E-state index contributed by atoms with van der Waals surface area (Å²) in [5, 5.41) is 3.82. The predicted molar refractivity (Wildman–Crippen MR) is 159 cm³/mol. The number of nitrogens with two attached hydrogens (primary N) is 1. The molecule has 0 radical (unpaired) electrons. The van der Waals surface area contributed by atoms with Crippen LogP contribution in [0.25, 0.3) is 27.9 Å². The zero-order valence-electron chi connectivity index (χ0n) is 22.6. The Morgan fingerprint density at radius 3 is 2.56 bits per heavy atom. The number of rotatable bonds is 10. The summed E-state index contributed by atoms with van der Waals surface area (Å²) in [5.41, 5.74) is 9.82. The number of benzene rings is 3. The smallest absolute Gasteiger partial charge is 0.328 e. The van der Waals surface area contributed by atoms with Gasteiger partial charge in [0.15, 0.2) is 5.65 Å². The highest BCUT2D eigenvalue weighted by molar-refractivity contribution is 6.30. The Labute approximate surface area is 241 Å². The van der Waals surface area contributed by atoms with Gasteiger partial charge in [0.25, 0.3) is 5.56 Å². The maximum atomic E-state index is 14.3. The Bertz CT molecular complexity index is 1730. The number of nitrogens with one attached hydrogen (secondary N) is 1. The summed E-state index contributed by atoms with van der Waals surface area (Å²) in [7, 11) is 0. The lowest BCUT2D eigenvalue weighted by Gasteiger charge is -2.14. The summed E-state index contributed by atoms with van der Waals surface area (Å²) in [5.74, 6) is -1.38. The molecule has 3 N–H and O–H groups in total. The number of hydrogen-bond acceptors (Lipinski definition) is 5. The molecule has 0 saturated carbocycles. The van der Waals surface area contributed by atoms with E-state index in [9.17, 15) is 14.0 Å². The standard InChI is InChI=1S/C32H30ClFN4O3/c1-2-3-5-10-26(35)32(40)41-28-18-23(34)15-16-24(28)25-19-36-30-29(21-11-13-22(33)14-12-21)27(37-38(30)31(25)39)17-20-8-6-4-7-9-20/h4,6-9,11-16,18-19,26,37H,2-3,5,10,17,35H2,1H3/t26-/m1/s1. The molecule has 0 aliphatic rings. The van der Waals surface area contributed by atoms with Crippen molar-refractivity contribution in [3.63, 3.8) is 0 Å². The number of fused-ring (bicyclic) bond motifs is 1. The molecule has 210 valence electrons. The Morgan fingerprint density at radius 2 is 1.83 bits per heavy atom. The van der Waals surface area contributed by atoms with Crippen LogP contribution >= 0.6 is 11.6 Å². The van der Waals surface area contributed by atoms with Crippen LogP contribution in [0, 0.1) is 5.82 Å². The van der Waals surface area contributed by atoms with Gasteiger partial charge in [0.2, 0.25) is 0 Å². The van der Waals surface area contributed by atoms with Crippen LogP contribution in [-0.2, 0) is 11.2 Å². The zero-order valence-corrected chi connectivity index (χ0v) is 23.3. The van der Waals surface area contributed by atoms with Gasteiger partial charge in [-0.3, -0.25) is 9.89 Å². The minimum absolute atomic E-state index is 0.0891. The van der Waals surface area contributed by atoms with Crippen molar-refractivity contribution in [1.82, 2.24) is 14.6 Å². The molecule has 0 amide bonds. The third-order valence-corrected chi connectivity index (χ3v) is 7.21. The van der Waals surface area contributed by atoms with E-state index in [0.717, 1.165) is 47.7 Å². The Hall–Kier alpha value is -4.27. The minimum atomic E-state index is -0.856. The lowest BCUT2D eigenvalue weighted by Crippen LogP contribution is -2.34. The van der Waals surface area contributed by atoms with E-state index in [4.69, 9.17) is 22.1 Å². The van der Waals surface area contributed by atoms with E-state index in [-0.39, 0.29) is 16.9 Å². The van der Waals surface area contributed by atoms with Crippen LogP contribution in [0.2, 0.25) is 5.02 Å². The second-order valence-electron chi connectivity index (χ2n) is 9.93. The minimum Gasteiger partial charge on any atom is -0.425 e. The van der Waals surface area contributed by atoms with Crippen LogP contribution in [0.4, 0.5) is 4.39 Å². The van der Waals surface area contributed by atoms with Gasteiger partial charge in [-0.15, -0.1) is 0 Å². The Morgan fingerprint density at radius 1 is 1.07 bits per heavy atom. The van der Waals surface area contributed by atoms with Crippen molar-refractivity contribution >= 4 is 23.2 Å². The fourth-order valence-electron chi connectivity index (χ4n) is 4.81. The lowest BCUT2D eigenvalue weighted by molar-refractivity contribution is -0.136. The second-order valence-corrected chi connectivity index (χ2v) is 10.4. The summed E-state index contributed by atoms with van der Waals surface area (Å²) in [6.45, 7) is 2.06. The Kier molecular flexibility index (Phi) is 8.61. The molecule has 0 fully saturated rings. The van der Waals surface area contributed by atoms with Gasteiger partial charge < -0.3 is 10.5 Å². The Balaban J connectivity index is 1.59. The van der Waals surface area contributed by atoms with Crippen molar-refractivity contribution in [3.8, 4) is 28.0 Å². The van der Waals surface area contributed by atoms with Crippen LogP contribution in [0.3, 0.4) is 0 Å². The third-order valence-electron chi connectivity index (χ3n) is 6.96. The maximum Gasteiger partial charge on any atom is 0.328 e. The molecule has 5 aromatic rings. The van der Waals surface area contributed by atoms with Crippen molar-refractivity contribution < 1.29 is 13.9 Å². The lowest BCUT2D eigenvalue weighted by atomic mass is 10.0. The van der Waals surface area contributed by atoms with E-state index in [1.54, 1.807) is 12.1 Å². The largest absolute Gasteiger partial charge is 0.425 e. The summed E-state index contributed by atoms with van der Waals surface area (Å²) >= 11 is 6.14. The molecule has 2 heterocycles. The van der Waals surface area contributed by atoms with E-state index in [1.165, 1.54) is 22.8 Å². The molecule has 41 heavy (non-hydrogen) atoms. The number of halogens is 2. The molecule has 5 rings (SSSR count). The topological polar surface area (TPSA) is 102 Å². The molecule has 2 aromatic heterocycles. The number of aromatic amines is 1. The van der Waals surface area contributed by atoms with E-state index in [0.29, 0.717) is 23.5 Å². The highest BCUT2D eigenvalue weighted by atomic mass is 35.5. The molecular formula is C32H30ClFN4O3. The molecular weight excluding hydrogens is 543 g/mol. The third kappa shape index (κ3) is 6.24. The molecule has 9 heteroatoms. The van der Waals surface area contributed by atoms with Crippen LogP contribution < -0.4 is 16.0 Å². The quantitative estimate of drug-likeness (QED) is 0.112. The summed E-state index contributed by atoms with van der Waals surface area (Å²) in [6.07, 6.45) is 5.09. The second kappa shape index (κ2) is 12.5. The SMILES string of the molecule is CCCCC[C@@H](N)C(=O)Oc1cc(F)ccc1-c1cnc2c(-c3ccc(Cl)cc3)c(Cc3ccccc3)[nH]n2c1=O. The fraction of sp³-hybridized carbons (Fsp3) is 0.219. The molecule has 0 saturated heterocycles. The van der Waals surface area contributed by atoms with Crippen molar-refractivity contribution in [2.75, 3.05) is 0 Å². The molecule has 0 bridgehead atoms. The average molecular weight is 573 g/mol. The maximum absolute atomic E-state index is 14.3. The average Bonchev–Trinajstić information content (AvgIpc) is 3.33. The van der Waals surface area contributed by atoms with E-state index in [1.807, 2.05) is 42.5 Å². The van der Waals surface area contributed by atoms with Crippen molar-refractivity contribution in [3.05, 3.63) is 111 Å². The number of hydrogen-bond donors (Lipinski definition) is 2. The summed E-state index contributed by atoms with van der Waals surface area (Å²) in [4.78, 5) is 31.2. The van der Waals surface area contributed by atoms with Crippen molar-refractivity contribution in [1.29, 1.82) is 0 Å². The highest BCUT2D eigenvalue weighted by Gasteiger charge is 2.22. The predicted octanol–water partition coefficient (Wildman–Crippen LogP) is 6.55. The van der Waals surface area contributed by atoms with Gasteiger partial charge in [-0.25, -0.2) is 18.7 Å². The van der Waals surface area contributed by atoms with Crippen LogP contribution in [0.15, 0.2) is 83.8 Å². The molecule has 0 aliphatic carbocycles. The van der Waals surface area contributed by atoms with Crippen LogP contribution in [-0.4, -0.2) is 26.6 Å². The van der Waals surface area contributed by atoms with Gasteiger partial charge in [-0.2, -0.15) is 0 Å². The number of ether oxygens (including phenoxy) is 1. The van der Waals surface area contributed by atoms with Crippen molar-refractivity contribution in [2.45, 2.75) is 45.1 Å². The molecule has 1 atom stereocenters. The van der Waals surface area contributed by atoms with Gasteiger partial charge in [-0.05, 0) is 41.8 Å². The van der Waals surface area contributed by atoms with Gasteiger partial charge in [-0.1, -0.05) is 80.3 Å². The number of carbonyl (C=O) groups is 1. The monoisotopic (exact) mass is 572 g/mol. The molecule has 0 unspecified atom stereocenters. The molecule has 0 spiro atoms. The van der Waals surface area contributed by atoms with Crippen molar-refractivity contribution in [2.24, 2.45) is 5.73 Å². The van der Waals surface area contributed by atoms with Crippen LogP contribution in [0.5, 0.6) is 5.75 Å². The normalized spacial score (nSPS) is 12.0. The van der Waals surface area contributed by atoms with Gasteiger partial charge >= 0.3 is 5.97 Å². The summed E-state index contributed by atoms with van der Waals surface area (Å²) < 4.78 is 21.1. The number of carbonyl (C=O) groups excluding carboxylic acids is 1. The molecule has 3 aromatic carbocycles. The fourth-order valence-corrected chi connectivity index (χ4v) is 4.94. The first-order valence-electron chi connectivity index (χ1n) is 13.6. The number of unbranched alkanes of at least 4 members (excludes halogenated alkanes) is 2. The highest BCUT2D eigenvalue weighted by Crippen LogP contribution is 2.32. The first-order valence-corrected chi connectivity index (χ1v) is 13.9.